The molecule has 0 spiro atoms. The Kier molecular flexibility index (Phi) is 4.36. The lowest BCUT2D eigenvalue weighted by atomic mass is 10.1. The van der Waals surface area contributed by atoms with Gasteiger partial charge in [-0.25, -0.2) is 9.79 Å². The highest BCUT2D eigenvalue weighted by atomic mass is 79.9. The van der Waals surface area contributed by atoms with E-state index in [4.69, 9.17) is 4.74 Å². The molecule has 0 heterocycles. The van der Waals surface area contributed by atoms with Gasteiger partial charge in [0.25, 0.3) is 0 Å². The van der Waals surface area contributed by atoms with Crippen LogP contribution < -0.4 is 4.74 Å². The molecule has 0 unspecified atom stereocenters. The van der Waals surface area contributed by atoms with Gasteiger partial charge in [0, 0.05) is 4.47 Å². The minimum Gasteiger partial charge on any atom is -0.496 e. The molecule has 1 aromatic carbocycles. The number of ether oxygens (including phenoxy) is 1. The lowest BCUT2D eigenvalue weighted by molar-refractivity contribution is 0.409. The summed E-state index contributed by atoms with van der Waals surface area (Å²) in [5.74, 6) is 0.814. The van der Waals surface area contributed by atoms with Gasteiger partial charge in [-0.15, -0.1) is 0 Å². The van der Waals surface area contributed by atoms with E-state index in [1.807, 2.05) is 18.2 Å². The third kappa shape index (κ3) is 2.98. The van der Waals surface area contributed by atoms with Gasteiger partial charge < -0.3 is 4.74 Å². The Labute approximate surface area is 90.9 Å². The van der Waals surface area contributed by atoms with Gasteiger partial charge in [0.15, 0.2) is 0 Å². The van der Waals surface area contributed by atoms with E-state index in [-0.39, 0.29) is 0 Å². The fourth-order valence-electron chi connectivity index (χ4n) is 1.16. The lowest BCUT2D eigenvalue weighted by Crippen LogP contribution is -1.94. The first-order chi connectivity index (χ1) is 6.77. The van der Waals surface area contributed by atoms with Crippen molar-refractivity contribution in [3.63, 3.8) is 0 Å². The molecule has 0 radical (unpaired) electrons. The first-order valence-electron chi connectivity index (χ1n) is 4.14. The van der Waals surface area contributed by atoms with Crippen LogP contribution in [0.4, 0.5) is 0 Å². The smallest absolute Gasteiger partial charge is 0.234 e. The molecule has 0 fully saturated rings. The number of isocyanates is 1. The maximum Gasteiger partial charge on any atom is 0.234 e. The third-order valence-electron chi connectivity index (χ3n) is 1.80. The van der Waals surface area contributed by atoms with Gasteiger partial charge in [-0.3, -0.25) is 0 Å². The number of methoxy groups -OCH3 is 1. The van der Waals surface area contributed by atoms with Crippen molar-refractivity contribution in [2.45, 2.75) is 6.42 Å². The number of halogens is 1. The molecule has 74 valence electrons. The van der Waals surface area contributed by atoms with Crippen molar-refractivity contribution in [3.05, 3.63) is 28.2 Å². The summed E-state index contributed by atoms with van der Waals surface area (Å²) in [6.07, 6.45) is 2.19. The first kappa shape index (κ1) is 11.0. The maximum atomic E-state index is 9.88. The molecule has 4 heteroatoms. The van der Waals surface area contributed by atoms with Crippen LogP contribution in [-0.4, -0.2) is 19.7 Å². The zero-order valence-electron chi connectivity index (χ0n) is 7.79. The highest BCUT2D eigenvalue weighted by Crippen LogP contribution is 2.23. The van der Waals surface area contributed by atoms with Crippen LogP contribution in [0.3, 0.4) is 0 Å². The minimum atomic E-state index is 0.441. The predicted molar refractivity (Wildman–Crippen MR) is 57.4 cm³/mol. The second-order valence-electron chi connectivity index (χ2n) is 2.68. The largest absolute Gasteiger partial charge is 0.496 e. The fraction of sp³-hybridized carbons (Fsp3) is 0.300. The Balaban J connectivity index is 2.81. The standard InChI is InChI=1S/C10H10BrNO2/c1-14-10-3-2-9(11)6-8(10)4-5-12-7-13/h2-3,6H,4-5H2,1H3. The molecule has 3 nitrogen and oxygen atoms in total. The Bertz CT molecular complexity index is 359. The summed E-state index contributed by atoms with van der Waals surface area (Å²) < 4.78 is 6.16. The quantitative estimate of drug-likeness (QED) is 0.612. The molecule has 0 aromatic heterocycles. The average Bonchev–Trinajstić information content (AvgIpc) is 2.19. The second-order valence-corrected chi connectivity index (χ2v) is 3.59. The third-order valence-corrected chi connectivity index (χ3v) is 2.29. The van der Waals surface area contributed by atoms with Gasteiger partial charge in [0.2, 0.25) is 6.08 Å². The van der Waals surface area contributed by atoms with Crippen LogP contribution in [0.1, 0.15) is 5.56 Å². The van der Waals surface area contributed by atoms with Crippen LogP contribution in [-0.2, 0) is 11.2 Å². The zero-order chi connectivity index (χ0) is 10.4. The molecule has 0 aliphatic carbocycles. The molecule has 0 saturated carbocycles. The van der Waals surface area contributed by atoms with E-state index < -0.39 is 0 Å². The van der Waals surface area contributed by atoms with Crippen LogP contribution in [0.25, 0.3) is 0 Å². The lowest BCUT2D eigenvalue weighted by Gasteiger charge is -2.06. The maximum absolute atomic E-state index is 9.88. The highest BCUT2D eigenvalue weighted by molar-refractivity contribution is 9.10. The van der Waals surface area contributed by atoms with Crippen LogP contribution in [0.2, 0.25) is 0 Å². The van der Waals surface area contributed by atoms with E-state index in [1.54, 1.807) is 7.11 Å². The van der Waals surface area contributed by atoms with Crippen molar-refractivity contribution in [3.8, 4) is 5.75 Å². The first-order valence-corrected chi connectivity index (χ1v) is 4.93. The van der Waals surface area contributed by atoms with Gasteiger partial charge in [-0.1, -0.05) is 15.9 Å². The van der Waals surface area contributed by atoms with E-state index in [0.29, 0.717) is 13.0 Å². The van der Waals surface area contributed by atoms with Crippen molar-refractivity contribution >= 4 is 22.0 Å². The zero-order valence-corrected chi connectivity index (χ0v) is 9.37. The number of nitrogens with zero attached hydrogens (tertiary/aromatic N) is 1. The summed E-state index contributed by atoms with van der Waals surface area (Å²) in [6, 6.07) is 5.74. The number of hydrogen-bond donors (Lipinski definition) is 0. The molecule has 0 N–H and O–H groups in total. The number of benzene rings is 1. The number of hydrogen-bond acceptors (Lipinski definition) is 3. The predicted octanol–water partition coefficient (Wildman–Crippen LogP) is 2.34. The molecule has 0 bridgehead atoms. The Morgan fingerprint density at radius 2 is 2.36 bits per heavy atom. The van der Waals surface area contributed by atoms with Gasteiger partial charge in [0.1, 0.15) is 5.75 Å². The molecular weight excluding hydrogens is 246 g/mol. The van der Waals surface area contributed by atoms with E-state index in [0.717, 1.165) is 15.8 Å². The normalized spacial score (nSPS) is 9.29. The average molecular weight is 256 g/mol. The number of carbonyl (C=O) groups excluding carboxylic acids is 1. The van der Waals surface area contributed by atoms with Crippen molar-refractivity contribution in [1.29, 1.82) is 0 Å². The second kappa shape index (κ2) is 5.58. The molecule has 0 saturated heterocycles. The molecule has 0 aliphatic heterocycles. The molecule has 14 heavy (non-hydrogen) atoms. The van der Waals surface area contributed by atoms with Gasteiger partial charge in [0.05, 0.1) is 13.7 Å². The molecule has 1 rings (SSSR count). The van der Waals surface area contributed by atoms with E-state index in [1.165, 1.54) is 6.08 Å². The van der Waals surface area contributed by atoms with Crippen molar-refractivity contribution in [2.24, 2.45) is 4.99 Å². The highest BCUT2D eigenvalue weighted by Gasteiger charge is 2.02. The summed E-state index contributed by atoms with van der Waals surface area (Å²) in [5, 5.41) is 0. The Morgan fingerprint density at radius 3 is 3.00 bits per heavy atom. The van der Waals surface area contributed by atoms with Gasteiger partial charge >= 0.3 is 0 Å². The summed E-state index contributed by atoms with van der Waals surface area (Å²) in [7, 11) is 1.62. The van der Waals surface area contributed by atoms with E-state index in [2.05, 4.69) is 20.9 Å². The van der Waals surface area contributed by atoms with Gasteiger partial charge in [-0.05, 0) is 30.2 Å². The number of rotatable bonds is 4. The minimum absolute atomic E-state index is 0.441. The number of aliphatic imine (C=N–C) groups is 1. The molecule has 0 amide bonds. The molecular formula is C10H10BrNO2. The van der Waals surface area contributed by atoms with Crippen molar-refractivity contribution in [2.75, 3.05) is 13.7 Å². The van der Waals surface area contributed by atoms with Crippen LogP contribution in [0, 0.1) is 0 Å². The Hall–Kier alpha value is -1.12. The summed E-state index contributed by atoms with van der Waals surface area (Å²) in [6.45, 7) is 0.441. The molecule has 0 atom stereocenters. The van der Waals surface area contributed by atoms with E-state index in [9.17, 15) is 4.79 Å². The SMILES string of the molecule is COc1ccc(Br)cc1CCN=C=O. The van der Waals surface area contributed by atoms with Gasteiger partial charge in [-0.2, -0.15) is 0 Å². The van der Waals surface area contributed by atoms with E-state index >= 15 is 0 Å². The van der Waals surface area contributed by atoms with Crippen LogP contribution >= 0.6 is 15.9 Å². The molecule has 0 aliphatic rings. The monoisotopic (exact) mass is 255 g/mol. The van der Waals surface area contributed by atoms with Crippen molar-refractivity contribution < 1.29 is 9.53 Å². The van der Waals surface area contributed by atoms with Crippen LogP contribution in [0.5, 0.6) is 5.75 Å². The Morgan fingerprint density at radius 1 is 1.57 bits per heavy atom. The summed E-state index contributed by atoms with van der Waals surface area (Å²) in [4.78, 5) is 13.4. The van der Waals surface area contributed by atoms with Crippen molar-refractivity contribution in [1.82, 2.24) is 0 Å². The fourth-order valence-corrected chi connectivity index (χ4v) is 1.57. The van der Waals surface area contributed by atoms with Crippen LogP contribution in [0.15, 0.2) is 27.7 Å². The topological polar surface area (TPSA) is 38.7 Å². The molecule has 1 aromatic rings. The summed E-state index contributed by atoms with van der Waals surface area (Å²) >= 11 is 3.37. The summed E-state index contributed by atoms with van der Waals surface area (Å²) in [5.41, 5.74) is 1.03.